The van der Waals surface area contributed by atoms with Crippen LogP contribution >= 0.6 is 0 Å². The van der Waals surface area contributed by atoms with Gasteiger partial charge in [-0.1, -0.05) is 49.7 Å². The van der Waals surface area contributed by atoms with Crippen LogP contribution in [0.4, 0.5) is 15.8 Å². The maximum Gasteiger partial charge on any atom is 0.264 e. The zero-order valence-electron chi connectivity index (χ0n) is 18.4. The Morgan fingerprint density at radius 2 is 1.47 bits per heavy atom. The van der Waals surface area contributed by atoms with Gasteiger partial charge in [-0.25, -0.2) is 12.8 Å². The number of hydrogen-bond donors (Lipinski definition) is 1. The molecule has 3 rings (SSSR count). The van der Waals surface area contributed by atoms with E-state index in [0.29, 0.717) is 5.69 Å². The molecule has 0 aliphatic rings. The van der Waals surface area contributed by atoms with Crippen LogP contribution in [0.15, 0.2) is 71.6 Å². The third kappa shape index (κ3) is 5.16. The fourth-order valence-electron chi connectivity index (χ4n) is 3.47. The average molecular weight is 455 g/mol. The molecule has 0 aliphatic heterocycles. The van der Waals surface area contributed by atoms with E-state index in [1.807, 2.05) is 39.0 Å². The van der Waals surface area contributed by atoms with Gasteiger partial charge in [-0.2, -0.15) is 0 Å². The molecule has 3 aromatic rings. The summed E-state index contributed by atoms with van der Waals surface area (Å²) in [5, 5.41) is 2.92. The van der Waals surface area contributed by atoms with Gasteiger partial charge in [0.1, 0.15) is 12.4 Å². The van der Waals surface area contributed by atoms with E-state index in [4.69, 9.17) is 0 Å². The van der Waals surface area contributed by atoms with E-state index in [0.717, 1.165) is 51.7 Å². The highest BCUT2D eigenvalue weighted by Gasteiger charge is 2.27. The Labute approximate surface area is 188 Å². The highest BCUT2D eigenvalue weighted by Crippen LogP contribution is 2.26. The van der Waals surface area contributed by atoms with Crippen molar-refractivity contribution in [2.24, 2.45) is 0 Å². The van der Waals surface area contributed by atoms with Crippen molar-refractivity contribution in [3.8, 4) is 0 Å². The van der Waals surface area contributed by atoms with Crippen LogP contribution < -0.4 is 9.62 Å². The number of carbonyl (C=O) groups is 1. The summed E-state index contributed by atoms with van der Waals surface area (Å²) in [7, 11) is -4.10. The molecule has 0 radical (unpaired) electrons. The maximum atomic E-state index is 13.4. The van der Waals surface area contributed by atoms with Crippen molar-refractivity contribution in [3.05, 3.63) is 89.2 Å². The minimum atomic E-state index is -4.10. The second kappa shape index (κ2) is 9.96. The second-order valence-corrected chi connectivity index (χ2v) is 9.37. The summed E-state index contributed by atoms with van der Waals surface area (Å²) in [5.41, 5.74) is 4.02. The molecule has 0 saturated carbocycles. The van der Waals surface area contributed by atoms with Crippen molar-refractivity contribution < 1.29 is 17.6 Å². The quantitative estimate of drug-likeness (QED) is 0.515. The Morgan fingerprint density at radius 3 is 2.00 bits per heavy atom. The van der Waals surface area contributed by atoms with Gasteiger partial charge in [-0.15, -0.1) is 0 Å². The van der Waals surface area contributed by atoms with Gasteiger partial charge in [0.2, 0.25) is 5.91 Å². The molecule has 168 valence electrons. The molecule has 7 heteroatoms. The lowest BCUT2D eigenvalue weighted by atomic mass is 10.0. The van der Waals surface area contributed by atoms with Gasteiger partial charge in [0, 0.05) is 5.69 Å². The molecule has 0 fully saturated rings. The fraction of sp³-hybridized carbons (Fsp3) is 0.240. The molecule has 5 nitrogen and oxygen atoms in total. The Balaban J connectivity index is 1.97. The van der Waals surface area contributed by atoms with E-state index in [-0.39, 0.29) is 4.90 Å². The molecule has 3 aromatic carbocycles. The van der Waals surface area contributed by atoms with Crippen LogP contribution in [0.3, 0.4) is 0 Å². The van der Waals surface area contributed by atoms with E-state index in [1.54, 1.807) is 24.3 Å². The van der Waals surface area contributed by atoms with Crippen molar-refractivity contribution in [3.63, 3.8) is 0 Å². The number of rotatable bonds is 8. The van der Waals surface area contributed by atoms with Gasteiger partial charge in [0.05, 0.1) is 10.6 Å². The lowest BCUT2D eigenvalue weighted by molar-refractivity contribution is -0.114. The van der Waals surface area contributed by atoms with Gasteiger partial charge >= 0.3 is 0 Å². The molecule has 0 bridgehead atoms. The average Bonchev–Trinajstić information content (AvgIpc) is 2.78. The van der Waals surface area contributed by atoms with E-state index in [9.17, 15) is 17.6 Å². The monoisotopic (exact) mass is 454 g/mol. The number of nitrogens with one attached hydrogen (secondary N) is 1. The highest BCUT2D eigenvalue weighted by molar-refractivity contribution is 7.92. The number of benzene rings is 3. The normalized spacial score (nSPS) is 11.2. The molecular formula is C25H27FN2O3S. The van der Waals surface area contributed by atoms with Crippen LogP contribution in [0.1, 0.15) is 30.5 Å². The minimum Gasteiger partial charge on any atom is -0.324 e. The Morgan fingerprint density at radius 1 is 0.906 bits per heavy atom. The van der Waals surface area contributed by atoms with Crippen molar-refractivity contribution >= 4 is 27.3 Å². The number of para-hydroxylation sites is 1. The second-order valence-electron chi connectivity index (χ2n) is 7.51. The largest absolute Gasteiger partial charge is 0.324 e. The summed E-state index contributed by atoms with van der Waals surface area (Å²) < 4.78 is 41.2. The molecule has 32 heavy (non-hydrogen) atoms. The number of aryl methyl sites for hydroxylation is 3. The number of sulfonamides is 1. The van der Waals surface area contributed by atoms with Crippen molar-refractivity contribution in [2.45, 2.75) is 38.5 Å². The minimum absolute atomic E-state index is 0.0875. The summed E-state index contributed by atoms with van der Waals surface area (Å²) in [4.78, 5) is 13.0. The SMILES string of the molecule is CCc1cccc(CC)c1NC(=O)CN(c1ccc(C)cc1)S(=O)(=O)c1ccc(F)cc1. The first-order chi connectivity index (χ1) is 15.3. The van der Waals surface area contributed by atoms with Crippen LogP contribution in [-0.2, 0) is 27.7 Å². The van der Waals surface area contributed by atoms with Gasteiger partial charge in [-0.3, -0.25) is 9.10 Å². The van der Waals surface area contributed by atoms with Crippen LogP contribution in [0.25, 0.3) is 0 Å². The summed E-state index contributed by atoms with van der Waals surface area (Å²) in [5.74, 6) is -0.987. The molecule has 0 unspecified atom stereocenters. The summed E-state index contributed by atoms with van der Waals surface area (Å²) in [6.07, 6.45) is 1.47. The first kappa shape index (κ1) is 23.5. The van der Waals surface area contributed by atoms with Crippen molar-refractivity contribution in [1.82, 2.24) is 0 Å². The van der Waals surface area contributed by atoms with Crippen LogP contribution in [0.5, 0.6) is 0 Å². The molecule has 1 N–H and O–H groups in total. The third-order valence-electron chi connectivity index (χ3n) is 5.27. The number of nitrogens with zero attached hydrogens (tertiary/aromatic N) is 1. The number of anilines is 2. The predicted octanol–water partition coefficient (Wildman–Crippen LogP) is 5.09. The molecule has 0 atom stereocenters. The number of amides is 1. The molecule has 0 heterocycles. The molecule has 1 amide bonds. The summed E-state index contributed by atoms with van der Waals surface area (Å²) in [6, 6.07) is 17.3. The molecule has 0 aliphatic carbocycles. The maximum absolute atomic E-state index is 13.4. The molecule has 0 aromatic heterocycles. The zero-order valence-corrected chi connectivity index (χ0v) is 19.2. The van der Waals surface area contributed by atoms with E-state index in [1.165, 1.54) is 12.1 Å². The molecule has 0 spiro atoms. The van der Waals surface area contributed by atoms with Crippen LogP contribution in [0.2, 0.25) is 0 Å². The Hall–Kier alpha value is -3.19. The molecular weight excluding hydrogens is 427 g/mol. The highest BCUT2D eigenvalue weighted by atomic mass is 32.2. The van der Waals surface area contributed by atoms with E-state index < -0.39 is 28.3 Å². The van der Waals surface area contributed by atoms with Gasteiger partial charge < -0.3 is 5.32 Å². The van der Waals surface area contributed by atoms with Crippen molar-refractivity contribution in [1.29, 1.82) is 0 Å². The number of carbonyl (C=O) groups excluding carboxylic acids is 1. The lowest BCUT2D eigenvalue weighted by Gasteiger charge is -2.25. The lowest BCUT2D eigenvalue weighted by Crippen LogP contribution is -2.38. The van der Waals surface area contributed by atoms with Gasteiger partial charge in [-0.05, 0) is 67.3 Å². The zero-order chi connectivity index (χ0) is 23.3. The first-order valence-electron chi connectivity index (χ1n) is 10.5. The van der Waals surface area contributed by atoms with Gasteiger partial charge in [0.25, 0.3) is 10.0 Å². The first-order valence-corrected chi connectivity index (χ1v) is 12.0. The Kier molecular flexibility index (Phi) is 7.30. The topological polar surface area (TPSA) is 66.5 Å². The Bertz CT molecular complexity index is 1170. The number of halogens is 1. The van der Waals surface area contributed by atoms with Crippen molar-refractivity contribution in [2.75, 3.05) is 16.2 Å². The number of hydrogen-bond acceptors (Lipinski definition) is 3. The van der Waals surface area contributed by atoms with E-state index in [2.05, 4.69) is 5.32 Å². The van der Waals surface area contributed by atoms with Crippen LogP contribution in [-0.4, -0.2) is 20.9 Å². The fourth-order valence-corrected chi connectivity index (χ4v) is 4.89. The van der Waals surface area contributed by atoms with Crippen LogP contribution in [0, 0.1) is 12.7 Å². The molecule has 0 saturated heterocycles. The van der Waals surface area contributed by atoms with Gasteiger partial charge in [0.15, 0.2) is 0 Å². The standard InChI is InChI=1S/C25H27FN2O3S/c1-4-19-7-6-8-20(5-2)25(19)27-24(29)17-28(22-13-9-18(3)10-14-22)32(30,31)23-15-11-21(26)12-16-23/h6-16H,4-5,17H2,1-3H3,(H,27,29). The van der Waals surface area contributed by atoms with E-state index >= 15 is 0 Å². The smallest absolute Gasteiger partial charge is 0.264 e. The third-order valence-corrected chi connectivity index (χ3v) is 7.06. The summed E-state index contributed by atoms with van der Waals surface area (Å²) in [6.45, 7) is 5.48. The summed E-state index contributed by atoms with van der Waals surface area (Å²) >= 11 is 0. The predicted molar refractivity (Wildman–Crippen MR) is 126 cm³/mol.